The summed E-state index contributed by atoms with van der Waals surface area (Å²) in [6.07, 6.45) is 3.23. The number of methoxy groups -OCH3 is 2. The van der Waals surface area contributed by atoms with Gasteiger partial charge in [-0.25, -0.2) is 0 Å². The number of fused-ring (bicyclic) bond motifs is 1. The predicted molar refractivity (Wildman–Crippen MR) is 111 cm³/mol. The molecule has 2 aliphatic rings. The number of ether oxygens (including phenoxy) is 2. The fraction of sp³-hybridized carbons (Fsp3) is 0.500. The van der Waals surface area contributed by atoms with Crippen molar-refractivity contribution in [1.82, 2.24) is 20.4 Å². The normalized spacial score (nSPS) is 25.6. The van der Waals surface area contributed by atoms with Gasteiger partial charge in [0, 0.05) is 32.7 Å². The van der Waals surface area contributed by atoms with Gasteiger partial charge >= 0.3 is 0 Å². The highest BCUT2D eigenvalue weighted by molar-refractivity contribution is 6.00. The number of carbonyl (C=O) groups is 2. The average molecular weight is 412 g/mol. The van der Waals surface area contributed by atoms with Gasteiger partial charge in [0.15, 0.2) is 0 Å². The van der Waals surface area contributed by atoms with Crippen LogP contribution < -0.4 is 10.1 Å². The van der Waals surface area contributed by atoms with Crippen LogP contribution in [0.1, 0.15) is 30.1 Å². The molecule has 0 bridgehead atoms. The zero-order chi connectivity index (χ0) is 21.3. The van der Waals surface area contributed by atoms with Gasteiger partial charge < -0.3 is 19.7 Å². The van der Waals surface area contributed by atoms with Gasteiger partial charge in [0.05, 0.1) is 36.7 Å². The van der Waals surface area contributed by atoms with Crippen molar-refractivity contribution in [2.45, 2.75) is 31.9 Å². The minimum atomic E-state index is -0.0484. The van der Waals surface area contributed by atoms with Crippen molar-refractivity contribution in [3.8, 4) is 17.0 Å². The number of hydrogen-bond acceptors (Lipinski definition) is 5. The summed E-state index contributed by atoms with van der Waals surface area (Å²) in [4.78, 5) is 26.8. The molecule has 1 aliphatic carbocycles. The molecule has 0 unspecified atom stereocenters. The molecule has 2 amide bonds. The Morgan fingerprint density at radius 2 is 1.97 bits per heavy atom. The Morgan fingerprint density at radius 3 is 2.67 bits per heavy atom. The van der Waals surface area contributed by atoms with E-state index in [4.69, 9.17) is 9.47 Å². The van der Waals surface area contributed by atoms with Crippen LogP contribution in [-0.4, -0.2) is 66.4 Å². The van der Waals surface area contributed by atoms with Gasteiger partial charge in [0.25, 0.3) is 5.91 Å². The molecule has 30 heavy (non-hydrogen) atoms. The van der Waals surface area contributed by atoms with Crippen LogP contribution in [0.25, 0.3) is 11.3 Å². The van der Waals surface area contributed by atoms with E-state index in [9.17, 15) is 9.59 Å². The number of rotatable bonds is 5. The minimum absolute atomic E-state index is 0.00919. The monoisotopic (exact) mass is 412 g/mol. The zero-order valence-electron chi connectivity index (χ0n) is 17.6. The Bertz CT molecular complexity index is 927. The molecule has 1 aromatic carbocycles. The molecule has 2 fully saturated rings. The first-order valence-corrected chi connectivity index (χ1v) is 10.3. The van der Waals surface area contributed by atoms with E-state index in [1.165, 1.54) is 6.92 Å². The smallest absolute Gasteiger partial charge is 0.257 e. The third-order valence-corrected chi connectivity index (χ3v) is 6.32. The van der Waals surface area contributed by atoms with Crippen molar-refractivity contribution < 1.29 is 19.1 Å². The summed E-state index contributed by atoms with van der Waals surface area (Å²) in [6, 6.07) is 7.56. The number of hydrogen-bond donors (Lipinski definition) is 2. The van der Waals surface area contributed by atoms with Gasteiger partial charge in [-0.05, 0) is 36.8 Å². The second kappa shape index (κ2) is 8.47. The third kappa shape index (κ3) is 3.92. The number of benzene rings is 1. The van der Waals surface area contributed by atoms with Gasteiger partial charge in [-0.3, -0.25) is 14.7 Å². The van der Waals surface area contributed by atoms with E-state index in [-0.39, 0.29) is 24.0 Å². The Balaban J connectivity index is 1.51. The van der Waals surface area contributed by atoms with Crippen molar-refractivity contribution in [2.75, 3.05) is 27.3 Å². The molecule has 8 nitrogen and oxygen atoms in total. The highest BCUT2D eigenvalue weighted by Crippen LogP contribution is 2.38. The van der Waals surface area contributed by atoms with Crippen LogP contribution >= 0.6 is 0 Å². The first-order chi connectivity index (χ1) is 14.5. The molecule has 0 spiro atoms. The van der Waals surface area contributed by atoms with Crippen molar-refractivity contribution in [1.29, 1.82) is 0 Å². The van der Waals surface area contributed by atoms with E-state index in [1.54, 1.807) is 20.4 Å². The first-order valence-electron chi connectivity index (χ1n) is 10.3. The van der Waals surface area contributed by atoms with Crippen LogP contribution in [-0.2, 0) is 9.53 Å². The molecular formula is C22H28N4O4. The molecule has 160 valence electrons. The fourth-order valence-corrected chi connectivity index (χ4v) is 4.87. The fourth-order valence-electron chi connectivity index (χ4n) is 4.87. The Morgan fingerprint density at radius 1 is 1.20 bits per heavy atom. The molecule has 2 aromatic rings. The topological polar surface area (TPSA) is 96.5 Å². The van der Waals surface area contributed by atoms with Crippen molar-refractivity contribution >= 4 is 11.8 Å². The second-order valence-corrected chi connectivity index (χ2v) is 8.17. The molecule has 1 aromatic heterocycles. The predicted octanol–water partition coefficient (Wildman–Crippen LogP) is 2.09. The number of nitrogens with zero attached hydrogens (tertiary/aromatic N) is 2. The van der Waals surface area contributed by atoms with Crippen LogP contribution in [0, 0.1) is 11.8 Å². The van der Waals surface area contributed by atoms with Gasteiger partial charge in [-0.15, -0.1) is 0 Å². The quantitative estimate of drug-likeness (QED) is 0.784. The summed E-state index contributed by atoms with van der Waals surface area (Å²) in [7, 11) is 3.30. The lowest BCUT2D eigenvalue weighted by Gasteiger charge is -2.37. The lowest BCUT2D eigenvalue weighted by molar-refractivity contribution is -0.121. The zero-order valence-corrected chi connectivity index (χ0v) is 17.6. The minimum Gasteiger partial charge on any atom is -0.497 e. The Labute approximate surface area is 175 Å². The maximum atomic E-state index is 13.3. The summed E-state index contributed by atoms with van der Waals surface area (Å²) < 4.78 is 10.9. The maximum absolute atomic E-state index is 13.3. The van der Waals surface area contributed by atoms with Gasteiger partial charge in [0.1, 0.15) is 5.75 Å². The molecule has 4 rings (SSSR count). The molecule has 2 heterocycles. The van der Waals surface area contributed by atoms with Crippen LogP contribution in [0.2, 0.25) is 0 Å². The van der Waals surface area contributed by atoms with Crippen molar-refractivity contribution in [3.63, 3.8) is 0 Å². The van der Waals surface area contributed by atoms with E-state index in [1.807, 2.05) is 29.2 Å². The molecule has 1 saturated heterocycles. The number of nitrogens with one attached hydrogen (secondary N) is 2. The van der Waals surface area contributed by atoms with Crippen LogP contribution in [0.5, 0.6) is 5.75 Å². The molecular weight excluding hydrogens is 384 g/mol. The first kappa shape index (κ1) is 20.4. The largest absolute Gasteiger partial charge is 0.497 e. The number of carbonyl (C=O) groups excluding carboxylic acids is 2. The number of amides is 2. The van der Waals surface area contributed by atoms with Gasteiger partial charge in [-0.1, -0.05) is 12.1 Å². The summed E-state index contributed by atoms with van der Waals surface area (Å²) in [5, 5.41) is 10.1. The molecule has 1 aliphatic heterocycles. The van der Waals surface area contributed by atoms with E-state index in [0.717, 1.165) is 24.2 Å². The average Bonchev–Trinajstić information content (AvgIpc) is 3.39. The lowest BCUT2D eigenvalue weighted by Crippen LogP contribution is -2.49. The molecule has 4 atom stereocenters. The van der Waals surface area contributed by atoms with Crippen LogP contribution in [0.4, 0.5) is 0 Å². The third-order valence-electron chi connectivity index (χ3n) is 6.32. The van der Waals surface area contributed by atoms with E-state index in [2.05, 4.69) is 15.5 Å². The molecule has 2 N–H and O–H groups in total. The molecule has 1 saturated carbocycles. The number of H-pyrrole nitrogens is 1. The standard InChI is InChI=1S/C22H28N4O4/c1-13(27)24-19-8-15-11-26(12-16(15)9-20(19)30-3)22(28)18-10-23-25-21(18)14-5-4-6-17(7-14)29-2/h4-7,10,15-16,19-20H,8-9,11-12H2,1-3H3,(H,23,25)(H,24,27)/t15-,16+,19-,20-/m1/s1. The van der Waals surface area contributed by atoms with E-state index >= 15 is 0 Å². The highest BCUT2D eigenvalue weighted by atomic mass is 16.5. The Kier molecular flexibility index (Phi) is 5.76. The summed E-state index contributed by atoms with van der Waals surface area (Å²) in [5.74, 6) is 1.37. The van der Waals surface area contributed by atoms with Gasteiger partial charge in [0.2, 0.25) is 5.91 Å². The Hall–Kier alpha value is -2.87. The van der Waals surface area contributed by atoms with Crippen LogP contribution in [0.15, 0.2) is 30.5 Å². The maximum Gasteiger partial charge on any atom is 0.257 e. The summed E-state index contributed by atoms with van der Waals surface area (Å²) in [6.45, 7) is 2.90. The van der Waals surface area contributed by atoms with Gasteiger partial charge in [-0.2, -0.15) is 5.10 Å². The lowest BCUT2D eigenvalue weighted by atomic mass is 9.77. The number of aromatic nitrogens is 2. The second-order valence-electron chi connectivity index (χ2n) is 8.17. The number of likely N-dealkylation sites (tertiary alicyclic amines) is 1. The van der Waals surface area contributed by atoms with E-state index < -0.39 is 0 Å². The van der Waals surface area contributed by atoms with Crippen molar-refractivity contribution in [2.24, 2.45) is 11.8 Å². The van der Waals surface area contributed by atoms with E-state index in [0.29, 0.717) is 36.2 Å². The van der Waals surface area contributed by atoms with Crippen LogP contribution in [0.3, 0.4) is 0 Å². The summed E-state index contributed by atoms with van der Waals surface area (Å²) in [5.41, 5.74) is 2.11. The number of aromatic amines is 1. The molecule has 0 radical (unpaired) electrons. The van der Waals surface area contributed by atoms with Crippen molar-refractivity contribution in [3.05, 3.63) is 36.0 Å². The highest BCUT2D eigenvalue weighted by Gasteiger charge is 2.44. The summed E-state index contributed by atoms with van der Waals surface area (Å²) >= 11 is 0. The SMILES string of the molecule is COc1cccc(-c2[nH]ncc2C(=O)N2C[C@H]3C[C@@H](NC(C)=O)[C@H](OC)C[C@H]3C2)c1. The molecule has 8 heteroatoms.